The van der Waals surface area contributed by atoms with Gasteiger partial charge in [-0.15, -0.1) is 0 Å². The molecule has 0 aromatic carbocycles. The van der Waals surface area contributed by atoms with Gasteiger partial charge < -0.3 is 15.4 Å². The van der Waals surface area contributed by atoms with Crippen molar-refractivity contribution in [3.63, 3.8) is 0 Å². The number of hydrogen-bond donors (Lipinski definition) is 2. The molecule has 1 aromatic rings. The molecule has 0 saturated carbocycles. The van der Waals surface area contributed by atoms with Gasteiger partial charge in [-0.2, -0.15) is 5.10 Å². The Morgan fingerprint density at radius 2 is 2.26 bits per heavy atom. The summed E-state index contributed by atoms with van der Waals surface area (Å²) in [7, 11) is 1.92. The lowest BCUT2D eigenvalue weighted by molar-refractivity contribution is 0.145. The van der Waals surface area contributed by atoms with E-state index >= 15 is 0 Å². The molecule has 0 bridgehead atoms. The highest BCUT2D eigenvalue weighted by Gasteiger charge is 1.99. The maximum absolute atomic E-state index is 5.30. The Bertz CT molecular complexity index is 375. The van der Waals surface area contributed by atoms with Gasteiger partial charge in [-0.05, 0) is 26.3 Å². The molecule has 0 aliphatic heterocycles. The Morgan fingerprint density at radius 1 is 1.42 bits per heavy atom. The van der Waals surface area contributed by atoms with Crippen LogP contribution in [0.5, 0.6) is 0 Å². The van der Waals surface area contributed by atoms with Crippen LogP contribution in [-0.2, 0) is 18.3 Å². The number of aryl methyl sites for hydroxylation is 1. The van der Waals surface area contributed by atoms with Crippen LogP contribution in [0.3, 0.4) is 0 Å². The molecule has 0 radical (unpaired) electrons. The van der Waals surface area contributed by atoms with Crippen molar-refractivity contribution >= 4 is 5.96 Å². The second-order valence-corrected chi connectivity index (χ2v) is 4.12. The summed E-state index contributed by atoms with van der Waals surface area (Å²) < 4.78 is 7.13. The average Bonchev–Trinajstić information content (AvgIpc) is 2.81. The maximum atomic E-state index is 5.30. The van der Waals surface area contributed by atoms with Gasteiger partial charge in [-0.3, -0.25) is 4.68 Å². The molecule has 0 saturated heterocycles. The predicted molar refractivity (Wildman–Crippen MR) is 77.1 cm³/mol. The first-order chi connectivity index (χ1) is 9.27. The number of nitrogens with one attached hydrogen (secondary N) is 2. The highest BCUT2D eigenvalue weighted by atomic mass is 16.5. The number of nitrogens with zero attached hydrogens (tertiary/aromatic N) is 3. The van der Waals surface area contributed by atoms with Crippen molar-refractivity contribution in [3.05, 3.63) is 18.0 Å². The van der Waals surface area contributed by atoms with Crippen LogP contribution >= 0.6 is 0 Å². The Labute approximate surface area is 115 Å². The first-order valence-electron chi connectivity index (χ1n) is 6.84. The highest BCUT2D eigenvalue weighted by molar-refractivity contribution is 5.79. The van der Waals surface area contributed by atoms with Crippen molar-refractivity contribution in [2.24, 2.45) is 12.0 Å². The molecule has 0 amide bonds. The van der Waals surface area contributed by atoms with Gasteiger partial charge in [0, 0.05) is 39.5 Å². The number of rotatable bonds is 8. The molecule has 0 spiro atoms. The van der Waals surface area contributed by atoms with Gasteiger partial charge in [-0.25, -0.2) is 4.99 Å². The van der Waals surface area contributed by atoms with E-state index in [1.165, 1.54) is 0 Å². The van der Waals surface area contributed by atoms with E-state index in [2.05, 4.69) is 27.6 Å². The van der Waals surface area contributed by atoms with E-state index in [-0.39, 0.29) is 0 Å². The summed E-state index contributed by atoms with van der Waals surface area (Å²) >= 11 is 0. The van der Waals surface area contributed by atoms with Crippen LogP contribution in [0.15, 0.2) is 17.3 Å². The monoisotopic (exact) mass is 267 g/mol. The first-order valence-corrected chi connectivity index (χ1v) is 6.84. The van der Waals surface area contributed by atoms with Crippen molar-refractivity contribution in [1.29, 1.82) is 0 Å². The van der Waals surface area contributed by atoms with Crippen LogP contribution in [0.2, 0.25) is 0 Å². The third-order valence-corrected chi connectivity index (χ3v) is 2.63. The topological polar surface area (TPSA) is 63.5 Å². The van der Waals surface area contributed by atoms with Gasteiger partial charge in [0.25, 0.3) is 0 Å². The minimum Gasteiger partial charge on any atom is -0.382 e. The van der Waals surface area contributed by atoms with Gasteiger partial charge in [0.2, 0.25) is 0 Å². The molecule has 19 heavy (non-hydrogen) atoms. The van der Waals surface area contributed by atoms with Gasteiger partial charge in [0.15, 0.2) is 5.96 Å². The zero-order chi connectivity index (χ0) is 13.9. The molecule has 108 valence electrons. The summed E-state index contributed by atoms with van der Waals surface area (Å²) in [6, 6.07) is 1.97. The van der Waals surface area contributed by atoms with Crippen molar-refractivity contribution in [2.45, 2.75) is 26.8 Å². The van der Waals surface area contributed by atoms with Crippen LogP contribution in [0.1, 0.15) is 26.0 Å². The van der Waals surface area contributed by atoms with E-state index in [0.29, 0.717) is 6.54 Å². The van der Waals surface area contributed by atoms with Crippen LogP contribution in [-0.4, -0.2) is 42.0 Å². The fourth-order valence-corrected chi connectivity index (χ4v) is 1.58. The Kier molecular flexibility index (Phi) is 7.65. The lowest BCUT2D eigenvalue weighted by Gasteiger charge is -2.11. The second-order valence-electron chi connectivity index (χ2n) is 4.12. The Balaban J connectivity index is 2.36. The summed E-state index contributed by atoms with van der Waals surface area (Å²) in [5, 5.41) is 10.6. The minimum absolute atomic E-state index is 0.622. The van der Waals surface area contributed by atoms with Gasteiger partial charge in [0.1, 0.15) is 0 Å². The van der Waals surface area contributed by atoms with Crippen molar-refractivity contribution in [1.82, 2.24) is 20.4 Å². The molecule has 1 aromatic heterocycles. The largest absolute Gasteiger partial charge is 0.382 e. The molecular weight excluding hydrogens is 242 g/mol. The summed E-state index contributed by atoms with van der Waals surface area (Å²) in [6.07, 6.45) is 2.76. The van der Waals surface area contributed by atoms with Crippen molar-refractivity contribution < 1.29 is 4.74 Å². The standard InChI is InChI=1S/C13H25N5O/c1-4-14-13(15-8-6-10-19-5-2)16-11-12-7-9-17-18(12)3/h7,9H,4-6,8,10-11H2,1-3H3,(H2,14,15,16). The number of ether oxygens (including phenoxy) is 1. The molecule has 0 atom stereocenters. The van der Waals surface area contributed by atoms with Crippen molar-refractivity contribution in [3.8, 4) is 0 Å². The second kappa shape index (κ2) is 9.38. The summed E-state index contributed by atoms with van der Waals surface area (Å²) in [6.45, 7) is 7.95. The van der Waals surface area contributed by atoms with E-state index in [0.717, 1.165) is 44.4 Å². The fraction of sp³-hybridized carbons (Fsp3) is 0.692. The van der Waals surface area contributed by atoms with E-state index in [4.69, 9.17) is 4.74 Å². The summed E-state index contributed by atoms with van der Waals surface area (Å²) in [5.41, 5.74) is 1.09. The normalized spacial score (nSPS) is 11.6. The third-order valence-electron chi connectivity index (χ3n) is 2.63. The minimum atomic E-state index is 0.622. The average molecular weight is 267 g/mol. The number of guanidine groups is 1. The first kappa shape index (κ1) is 15.5. The SMILES string of the molecule is CCNC(=NCc1ccnn1C)NCCCOCC. The van der Waals surface area contributed by atoms with Crippen LogP contribution in [0.25, 0.3) is 0 Å². The Morgan fingerprint density at radius 3 is 2.89 bits per heavy atom. The number of aliphatic imine (C=N–C) groups is 1. The number of aromatic nitrogens is 2. The van der Waals surface area contributed by atoms with E-state index < -0.39 is 0 Å². The highest BCUT2D eigenvalue weighted by Crippen LogP contribution is 1.97. The third kappa shape index (κ3) is 6.24. The zero-order valence-electron chi connectivity index (χ0n) is 12.1. The van der Waals surface area contributed by atoms with Gasteiger partial charge in [0.05, 0.1) is 12.2 Å². The molecule has 2 N–H and O–H groups in total. The zero-order valence-corrected chi connectivity index (χ0v) is 12.1. The van der Waals surface area contributed by atoms with Crippen LogP contribution in [0.4, 0.5) is 0 Å². The predicted octanol–water partition coefficient (Wildman–Crippen LogP) is 0.902. The van der Waals surface area contributed by atoms with Gasteiger partial charge >= 0.3 is 0 Å². The van der Waals surface area contributed by atoms with Gasteiger partial charge in [-0.1, -0.05) is 0 Å². The fourth-order valence-electron chi connectivity index (χ4n) is 1.58. The lowest BCUT2D eigenvalue weighted by Crippen LogP contribution is -2.38. The van der Waals surface area contributed by atoms with E-state index in [9.17, 15) is 0 Å². The Hall–Kier alpha value is -1.56. The molecule has 0 unspecified atom stereocenters. The molecule has 6 heteroatoms. The van der Waals surface area contributed by atoms with Crippen molar-refractivity contribution in [2.75, 3.05) is 26.3 Å². The maximum Gasteiger partial charge on any atom is 0.191 e. The molecule has 0 aliphatic carbocycles. The molecule has 0 aliphatic rings. The quantitative estimate of drug-likeness (QED) is 0.417. The molecule has 6 nitrogen and oxygen atoms in total. The lowest BCUT2D eigenvalue weighted by atomic mass is 10.4. The summed E-state index contributed by atoms with van der Waals surface area (Å²) in [4.78, 5) is 4.53. The molecule has 1 rings (SSSR count). The molecular formula is C13H25N5O. The van der Waals surface area contributed by atoms with E-state index in [1.807, 2.05) is 24.7 Å². The smallest absolute Gasteiger partial charge is 0.191 e. The summed E-state index contributed by atoms with van der Waals surface area (Å²) in [5.74, 6) is 0.834. The van der Waals surface area contributed by atoms with Crippen LogP contribution < -0.4 is 10.6 Å². The van der Waals surface area contributed by atoms with E-state index in [1.54, 1.807) is 6.20 Å². The molecule has 1 heterocycles. The van der Waals surface area contributed by atoms with Crippen LogP contribution in [0, 0.1) is 0 Å². The number of hydrogen-bond acceptors (Lipinski definition) is 3. The molecule has 0 fully saturated rings.